The molecule has 2 aromatic rings. The zero-order chi connectivity index (χ0) is 26.0. The van der Waals surface area contributed by atoms with Gasteiger partial charge in [0.25, 0.3) is 5.91 Å². The van der Waals surface area contributed by atoms with Crippen LogP contribution < -0.4 is 10.1 Å². The van der Waals surface area contributed by atoms with Crippen molar-refractivity contribution < 1.29 is 27.8 Å². The van der Waals surface area contributed by atoms with Crippen molar-refractivity contribution in [1.82, 2.24) is 15.1 Å². The first kappa shape index (κ1) is 26.4. The van der Waals surface area contributed by atoms with Crippen LogP contribution in [0.25, 0.3) is 0 Å². The zero-order valence-corrected chi connectivity index (χ0v) is 20.9. The van der Waals surface area contributed by atoms with Crippen LogP contribution in [0.3, 0.4) is 0 Å². The monoisotopic (exact) mass is 505 g/mol. The molecule has 2 N–H and O–H groups in total. The van der Waals surface area contributed by atoms with Crippen LogP contribution in [0.1, 0.15) is 52.0 Å². The molecule has 36 heavy (non-hydrogen) atoms. The lowest BCUT2D eigenvalue weighted by molar-refractivity contribution is -0.137. The molecule has 0 aromatic heterocycles. The molecule has 0 unspecified atom stereocenters. The SMILES string of the molecule is Cc1c(OCCNCCO)ccc([C@H](C)N2C[C@@H]3C[C@H]2CN3C(=O)c2ccc(C(F)(F)F)cc2)c1C. The molecular formula is C27H34F3N3O3. The summed E-state index contributed by atoms with van der Waals surface area (Å²) in [6.45, 7) is 9.50. The standard InChI is InChI=1S/C27H34F3N3O3/c1-17-18(2)25(36-13-11-31-10-12-34)9-8-24(17)19(3)32-15-23-14-22(32)16-33(23)26(35)20-4-6-21(7-5-20)27(28,29)30/h4-9,19,22-23,31,34H,10-16H2,1-3H3/t19-,22-,23-/m0/s1. The molecule has 0 spiro atoms. The number of hydrogen-bond donors (Lipinski definition) is 2. The van der Waals surface area contributed by atoms with E-state index in [1.165, 1.54) is 23.3 Å². The maximum Gasteiger partial charge on any atom is 0.416 e. The number of aliphatic hydroxyl groups is 1. The Labute approximate surface area is 210 Å². The van der Waals surface area contributed by atoms with Gasteiger partial charge in [-0.2, -0.15) is 13.2 Å². The fraction of sp³-hybridized carbons (Fsp3) is 0.519. The molecule has 2 aliphatic heterocycles. The first-order valence-corrected chi connectivity index (χ1v) is 12.4. The first-order chi connectivity index (χ1) is 17.1. The molecule has 1 amide bonds. The van der Waals surface area contributed by atoms with E-state index in [9.17, 15) is 18.0 Å². The Hall–Kier alpha value is -2.62. The number of hydrogen-bond acceptors (Lipinski definition) is 5. The molecule has 9 heteroatoms. The summed E-state index contributed by atoms with van der Waals surface area (Å²) in [6, 6.07) is 9.06. The number of alkyl halides is 3. The lowest BCUT2D eigenvalue weighted by Gasteiger charge is -2.38. The van der Waals surface area contributed by atoms with Gasteiger partial charge in [0.15, 0.2) is 0 Å². The van der Waals surface area contributed by atoms with E-state index >= 15 is 0 Å². The average molecular weight is 506 g/mol. The minimum atomic E-state index is -4.41. The predicted octanol–water partition coefficient (Wildman–Crippen LogP) is 3.94. The molecule has 4 rings (SSSR count). The summed E-state index contributed by atoms with van der Waals surface area (Å²) in [5.74, 6) is 0.649. The topological polar surface area (TPSA) is 65.0 Å². The van der Waals surface area contributed by atoms with Crippen molar-refractivity contribution in [3.63, 3.8) is 0 Å². The van der Waals surface area contributed by atoms with E-state index in [4.69, 9.17) is 9.84 Å². The van der Waals surface area contributed by atoms with Crippen molar-refractivity contribution in [2.45, 2.75) is 51.5 Å². The Morgan fingerprint density at radius 2 is 1.81 bits per heavy atom. The molecule has 6 nitrogen and oxygen atoms in total. The van der Waals surface area contributed by atoms with Crippen molar-refractivity contribution in [3.8, 4) is 5.75 Å². The van der Waals surface area contributed by atoms with Gasteiger partial charge in [-0.15, -0.1) is 0 Å². The Bertz CT molecular complexity index is 1070. The summed E-state index contributed by atoms with van der Waals surface area (Å²) in [5, 5.41) is 11.9. The summed E-state index contributed by atoms with van der Waals surface area (Å²) in [7, 11) is 0. The molecule has 2 aliphatic rings. The van der Waals surface area contributed by atoms with E-state index in [2.05, 4.69) is 37.1 Å². The third-order valence-corrected chi connectivity index (χ3v) is 7.55. The van der Waals surface area contributed by atoms with Crippen molar-refractivity contribution >= 4 is 5.91 Å². The highest BCUT2D eigenvalue weighted by Crippen LogP contribution is 2.39. The highest BCUT2D eigenvalue weighted by atomic mass is 19.4. The number of benzene rings is 2. The van der Waals surface area contributed by atoms with Crippen LogP contribution in [-0.2, 0) is 6.18 Å². The fourth-order valence-electron chi connectivity index (χ4n) is 5.43. The minimum absolute atomic E-state index is 0.0580. The van der Waals surface area contributed by atoms with Gasteiger partial charge in [0.1, 0.15) is 12.4 Å². The summed E-state index contributed by atoms with van der Waals surface area (Å²) < 4.78 is 44.5. The number of piperazine rings is 1. The lowest BCUT2D eigenvalue weighted by Crippen LogP contribution is -2.49. The van der Waals surface area contributed by atoms with E-state index in [0.29, 0.717) is 31.8 Å². The quantitative estimate of drug-likeness (QED) is 0.506. The third-order valence-electron chi connectivity index (χ3n) is 7.55. The Balaban J connectivity index is 1.38. The van der Waals surface area contributed by atoms with Crippen molar-refractivity contribution in [2.24, 2.45) is 0 Å². The maximum absolute atomic E-state index is 13.0. The Morgan fingerprint density at radius 3 is 2.42 bits per heavy atom. The van der Waals surface area contributed by atoms with E-state index in [1.807, 2.05) is 11.0 Å². The molecule has 2 heterocycles. The fourth-order valence-corrected chi connectivity index (χ4v) is 5.43. The van der Waals surface area contributed by atoms with E-state index in [0.717, 1.165) is 36.4 Å². The van der Waals surface area contributed by atoms with Gasteiger partial charge in [0.2, 0.25) is 0 Å². The smallest absolute Gasteiger partial charge is 0.416 e. The van der Waals surface area contributed by atoms with Gasteiger partial charge >= 0.3 is 6.18 Å². The van der Waals surface area contributed by atoms with Crippen molar-refractivity contribution in [2.75, 3.05) is 39.4 Å². The van der Waals surface area contributed by atoms with Crippen molar-refractivity contribution in [1.29, 1.82) is 0 Å². The molecule has 2 bridgehead atoms. The molecule has 0 radical (unpaired) electrons. The first-order valence-electron chi connectivity index (χ1n) is 12.4. The van der Waals surface area contributed by atoms with E-state index in [-0.39, 0.29) is 30.6 Å². The molecule has 0 saturated carbocycles. The molecule has 2 saturated heterocycles. The number of nitrogens with zero attached hydrogens (tertiary/aromatic N) is 2. The van der Waals surface area contributed by atoms with Crippen LogP contribution >= 0.6 is 0 Å². The number of carbonyl (C=O) groups is 1. The zero-order valence-electron chi connectivity index (χ0n) is 20.9. The average Bonchev–Trinajstić information content (AvgIpc) is 3.46. The maximum atomic E-state index is 13.0. The third kappa shape index (κ3) is 5.38. The highest BCUT2D eigenvalue weighted by Gasteiger charge is 2.47. The lowest BCUT2D eigenvalue weighted by atomic mass is 9.96. The molecule has 0 aliphatic carbocycles. The minimum Gasteiger partial charge on any atom is -0.492 e. The summed E-state index contributed by atoms with van der Waals surface area (Å²) >= 11 is 0. The number of halogens is 3. The van der Waals surface area contributed by atoms with Gasteiger partial charge in [-0.3, -0.25) is 9.69 Å². The normalized spacial score (nSPS) is 20.7. The number of aliphatic hydroxyl groups excluding tert-OH is 1. The number of amides is 1. The number of fused-ring (bicyclic) bond motifs is 2. The van der Waals surface area contributed by atoms with Gasteiger partial charge in [-0.1, -0.05) is 6.07 Å². The predicted molar refractivity (Wildman–Crippen MR) is 131 cm³/mol. The second-order valence-electron chi connectivity index (χ2n) is 9.67. The van der Waals surface area contributed by atoms with Gasteiger partial charge in [-0.25, -0.2) is 0 Å². The van der Waals surface area contributed by atoms with E-state index in [1.54, 1.807) is 0 Å². The number of ether oxygens (including phenoxy) is 1. The van der Waals surface area contributed by atoms with Gasteiger partial charge in [0.05, 0.1) is 12.2 Å². The van der Waals surface area contributed by atoms with Crippen LogP contribution in [0.4, 0.5) is 13.2 Å². The highest BCUT2D eigenvalue weighted by molar-refractivity contribution is 5.94. The Kier molecular flexibility index (Phi) is 7.92. The van der Waals surface area contributed by atoms with Crippen LogP contribution in [0.5, 0.6) is 5.75 Å². The van der Waals surface area contributed by atoms with E-state index < -0.39 is 11.7 Å². The van der Waals surface area contributed by atoms with Gasteiger partial charge in [0, 0.05) is 49.9 Å². The molecule has 2 fully saturated rings. The number of rotatable bonds is 9. The molecule has 196 valence electrons. The second-order valence-corrected chi connectivity index (χ2v) is 9.67. The summed E-state index contributed by atoms with van der Waals surface area (Å²) in [4.78, 5) is 17.3. The van der Waals surface area contributed by atoms with Crippen LogP contribution in [0.2, 0.25) is 0 Å². The number of likely N-dealkylation sites (tertiary alicyclic amines) is 2. The van der Waals surface area contributed by atoms with Gasteiger partial charge in [-0.05, 0) is 74.2 Å². The molecule has 2 aromatic carbocycles. The second kappa shape index (κ2) is 10.8. The number of carbonyl (C=O) groups excluding carboxylic acids is 1. The van der Waals surface area contributed by atoms with Crippen LogP contribution in [-0.4, -0.2) is 72.3 Å². The largest absolute Gasteiger partial charge is 0.492 e. The van der Waals surface area contributed by atoms with Crippen LogP contribution in [0, 0.1) is 13.8 Å². The summed E-state index contributed by atoms with van der Waals surface area (Å²) in [6.07, 6.45) is -3.54. The van der Waals surface area contributed by atoms with Gasteiger partial charge < -0.3 is 20.1 Å². The summed E-state index contributed by atoms with van der Waals surface area (Å²) in [5.41, 5.74) is 3.06. The number of nitrogens with one attached hydrogen (secondary N) is 1. The Morgan fingerprint density at radius 1 is 1.08 bits per heavy atom. The van der Waals surface area contributed by atoms with Crippen molar-refractivity contribution in [3.05, 3.63) is 64.2 Å². The molecule has 3 atom stereocenters. The molecular weight excluding hydrogens is 471 g/mol. The van der Waals surface area contributed by atoms with Crippen LogP contribution in [0.15, 0.2) is 36.4 Å².